The van der Waals surface area contributed by atoms with Crippen LogP contribution in [0.25, 0.3) is 0 Å². The lowest BCUT2D eigenvalue weighted by molar-refractivity contribution is 0.0619. The third kappa shape index (κ3) is 3.73. The number of rotatable bonds is 3. The second-order valence-electron chi connectivity index (χ2n) is 6.19. The summed E-state index contributed by atoms with van der Waals surface area (Å²) < 4.78 is 14.1. The van der Waals surface area contributed by atoms with Crippen molar-refractivity contribution in [3.63, 3.8) is 0 Å². The van der Waals surface area contributed by atoms with Gasteiger partial charge in [-0.15, -0.1) is 0 Å². The zero-order chi connectivity index (χ0) is 15.6. The molecule has 1 aliphatic heterocycles. The number of aryl methyl sites for hydroxylation is 1. The van der Waals surface area contributed by atoms with Gasteiger partial charge >= 0.3 is 0 Å². The molecule has 116 valence electrons. The quantitative estimate of drug-likeness (QED) is 0.869. The first-order chi connectivity index (χ1) is 9.88. The van der Waals surface area contributed by atoms with Gasteiger partial charge in [-0.3, -0.25) is 9.69 Å². The molecule has 0 bridgehead atoms. The summed E-state index contributed by atoms with van der Waals surface area (Å²) in [5, 5.41) is 0. The molecule has 1 aliphatic rings. The van der Waals surface area contributed by atoms with E-state index in [2.05, 4.69) is 18.7 Å². The van der Waals surface area contributed by atoms with Crippen LogP contribution in [0, 0.1) is 18.7 Å². The Kier molecular flexibility index (Phi) is 4.83. The normalized spacial score (nSPS) is 16.5. The van der Waals surface area contributed by atoms with E-state index in [1.807, 2.05) is 0 Å². The lowest BCUT2D eigenvalue weighted by Gasteiger charge is -2.35. The van der Waals surface area contributed by atoms with Crippen molar-refractivity contribution in [3.8, 4) is 0 Å². The molecule has 2 N–H and O–H groups in total. The molecule has 1 aromatic carbocycles. The van der Waals surface area contributed by atoms with Crippen LogP contribution in [0.4, 0.5) is 10.1 Å². The third-order valence-electron chi connectivity index (χ3n) is 3.79. The summed E-state index contributed by atoms with van der Waals surface area (Å²) in [4.78, 5) is 16.5. The van der Waals surface area contributed by atoms with Gasteiger partial charge < -0.3 is 10.6 Å². The van der Waals surface area contributed by atoms with Gasteiger partial charge in [0.1, 0.15) is 5.82 Å². The maximum absolute atomic E-state index is 14.1. The molecule has 0 aliphatic carbocycles. The summed E-state index contributed by atoms with van der Waals surface area (Å²) in [5.74, 6) is -0.104. The number of carbonyl (C=O) groups is 1. The van der Waals surface area contributed by atoms with Gasteiger partial charge in [-0.05, 0) is 30.5 Å². The summed E-state index contributed by atoms with van der Waals surface area (Å²) in [7, 11) is 0. The summed E-state index contributed by atoms with van der Waals surface area (Å²) in [6.45, 7) is 9.99. The molecule has 1 amide bonds. The first kappa shape index (κ1) is 15.8. The van der Waals surface area contributed by atoms with Gasteiger partial charge in [0.2, 0.25) is 0 Å². The van der Waals surface area contributed by atoms with E-state index in [4.69, 9.17) is 5.73 Å². The van der Waals surface area contributed by atoms with E-state index in [0.29, 0.717) is 30.3 Å². The number of benzene rings is 1. The van der Waals surface area contributed by atoms with E-state index in [1.54, 1.807) is 17.9 Å². The number of anilines is 1. The van der Waals surface area contributed by atoms with Crippen molar-refractivity contribution in [2.45, 2.75) is 20.8 Å². The van der Waals surface area contributed by atoms with Crippen LogP contribution >= 0.6 is 0 Å². The number of hydrogen-bond donors (Lipinski definition) is 1. The molecule has 0 aromatic heterocycles. The molecular formula is C16H24FN3O. The Hall–Kier alpha value is -1.62. The van der Waals surface area contributed by atoms with Crippen LogP contribution in [0.5, 0.6) is 0 Å². The molecular weight excluding hydrogens is 269 g/mol. The van der Waals surface area contributed by atoms with Gasteiger partial charge in [-0.25, -0.2) is 4.39 Å². The van der Waals surface area contributed by atoms with E-state index in [9.17, 15) is 9.18 Å². The molecule has 0 radical (unpaired) electrons. The highest BCUT2D eigenvalue weighted by Crippen LogP contribution is 2.19. The fourth-order valence-electron chi connectivity index (χ4n) is 2.77. The van der Waals surface area contributed by atoms with Crippen molar-refractivity contribution in [3.05, 3.63) is 29.1 Å². The lowest BCUT2D eigenvalue weighted by Crippen LogP contribution is -2.49. The summed E-state index contributed by atoms with van der Waals surface area (Å²) in [5.41, 5.74) is 6.65. The number of amides is 1. The number of nitrogens with zero attached hydrogens (tertiary/aromatic N) is 2. The van der Waals surface area contributed by atoms with Gasteiger partial charge in [0, 0.05) is 38.4 Å². The van der Waals surface area contributed by atoms with Crippen molar-refractivity contribution in [1.29, 1.82) is 0 Å². The van der Waals surface area contributed by atoms with Gasteiger partial charge in [0.25, 0.3) is 5.91 Å². The SMILES string of the molecule is Cc1cc(N)cc(C(=O)N2CCN(CC(C)C)CC2)c1F. The number of carbonyl (C=O) groups excluding carboxylic acids is 1. The maximum Gasteiger partial charge on any atom is 0.257 e. The Labute approximate surface area is 125 Å². The van der Waals surface area contributed by atoms with Crippen LogP contribution in [0.2, 0.25) is 0 Å². The van der Waals surface area contributed by atoms with E-state index in [-0.39, 0.29) is 11.5 Å². The third-order valence-corrected chi connectivity index (χ3v) is 3.79. The van der Waals surface area contributed by atoms with E-state index in [1.165, 1.54) is 6.07 Å². The zero-order valence-corrected chi connectivity index (χ0v) is 13.0. The average molecular weight is 293 g/mol. The monoisotopic (exact) mass is 293 g/mol. The summed E-state index contributed by atoms with van der Waals surface area (Å²) in [6.07, 6.45) is 0. The Morgan fingerprint density at radius 1 is 1.29 bits per heavy atom. The van der Waals surface area contributed by atoms with Crippen LogP contribution in [0.3, 0.4) is 0 Å². The first-order valence-corrected chi connectivity index (χ1v) is 7.45. The summed E-state index contributed by atoms with van der Waals surface area (Å²) in [6, 6.07) is 2.98. The standard InChI is InChI=1S/C16H24FN3O/c1-11(2)10-19-4-6-20(7-5-19)16(21)14-9-13(18)8-12(3)15(14)17/h8-9,11H,4-7,10,18H2,1-3H3. The maximum atomic E-state index is 14.1. The average Bonchev–Trinajstić information content (AvgIpc) is 2.42. The van der Waals surface area contributed by atoms with Crippen LogP contribution in [-0.2, 0) is 0 Å². The van der Waals surface area contributed by atoms with Crippen LogP contribution in [0.15, 0.2) is 12.1 Å². The predicted molar refractivity (Wildman–Crippen MR) is 82.7 cm³/mol. The number of nitrogens with two attached hydrogens (primary N) is 1. The molecule has 4 nitrogen and oxygen atoms in total. The van der Waals surface area contributed by atoms with Crippen LogP contribution < -0.4 is 5.73 Å². The molecule has 0 spiro atoms. The Bertz CT molecular complexity index is 522. The number of piperazine rings is 1. The van der Waals surface area contributed by atoms with Gasteiger partial charge in [0.15, 0.2) is 0 Å². The highest BCUT2D eigenvalue weighted by molar-refractivity contribution is 5.95. The topological polar surface area (TPSA) is 49.6 Å². The molecule has 21 heavy (non-hydrogen) atoms. The van der Waals surface area contributed by atoms with Crippen molar-refractivity contribution in [2.24, 2.45) is 5.92 Å². The number of halogens is 1. The highest BCUT2D eigenvalue weighted by Gasteiger charge is 2.25. The van der Waals surface area contributed by atoms with Crippen molar-refractivity contribution in [2.75, 3.05) is 38.5 Å². The molecule has 1 aromatic rings. The number of nitrogen functional groups attached to an aromatic ring is 1. The van der Waals surface area contributed by atoms with E-state index < -0.39 is 5.82 Å². The van der Waals surface area contributed by atoms with Crippen LogP contribution in [0.1, 0.15) is 29.8 Å². The predicted octanol–water partition coefficient (Wildman–Crippen LogP) is 2.13. The minimum absolute atomic E-state index is 0.0878. The smallest absolute Gasteiger partial charge is 0.257 e. The molecule has 0 saturated carbocycles. The van der Waals surface area contributed by atoms with Gasteiger partial charge in [-0.1, -0.05) is 13.8 Å². The molecule has 2 rings (SSSR count). The highest BCUT2D eigenvalue weighted by atomic mass is 19.1. The second kappa shape index (κ2) is 6.43. The molecule has 0 atom stereocenters. The Morgan fingerprint density at radius 2 is 1.90 bits per heavy atom. The Morgan fingerprint density at radius 3 is 2.48 bits per heavy atom. The number of hydrogen-bond acceptors (Lipinski definition) is 3. The minimum atomic E-state index is -0.459. The molecule has 1 heterocycles. The van der Waals surface area contributed by atoms with Crippen LogP contribution in [-0.4, -0.2) is 48.4 Å². The van der Waals surface area contributed by atoms with Gasteiger partial charge in [0.05, 0.1) is 5.56 Å². The van der Waals surface area contributed by atoms with E-state index in [0.717, 1.165) is 19.6 Å². The molecule has 1 fully saturated rings. The fraction of sp³-hybridized carbons (Fsp3) is 0.562. The first-order valence-electron chi connectivity index (χ1n) is 7.45. The summed E-state index contributed by atoms with van der Waals surface area (Å²) >= 11 is 0. The van der Waals surface area contributed by atoms with E-state index >= 15 is 0 Å². The molecule has 5 heteroatoms. The van der Waals surface area contributed by atoms with Gasteiger partial charge in [-0.2, -0.15) is 0 Å². The van der Waals surface area contributed by atoms with Crippen molar-refractivity contribution in [1.82, 2.24) is 9.80 Å². The largest absolute Gasteiger partial charge is 0.399 e. The fourth-order valence-corrected chi connectivity index (χ4v) is 2.77. The minimum Gasteiger partial charge on any atom is -0.399 e. The van der Waals surface area contributed by atoms with Crippen molar-refractivity contribution >= 4 is 11.6 Å². The van der Waals surface area contributed by atoms with Crippen molar-refractivity contribution < 1.29 is 9.18 Å². The molecule has 0 unspecified atom stereocenters. The lowest BCUT2D eigenvalue weighted by atomic mass is 10.1. The Balaban J connectivity index is 2.06. The molecule has 1 saturated heterocycles. The zero-order valence-electron chi connectivity index (χ0n) is 13.0. The second-order valence-corrected chi connectivity index (χ2v) is 6.19.